The van der Waals surface area contributed by atoms with Crippen molar-refractivity contribution in [1.29, 1.82) is 5.41 Å². The van der Waals surface area contributed by atoms with E-state index in [1.54, 1.807) is 30.0 Å². The quantitative estimate of drug-likeness (QED) is 0.110. The van der Waals surface area contributed by atoms with E-state index < -0.39 is 17.8 Å². The monoisotopic (exact) mass is 576 g/mol. The Balaban J connectivity index is 1.32. The number of halogens is 2. The SMILES string of the molecule is CC(O)C1CN(C(=N)c2c(Oc3ccc(NC(=O)c4cccc(-c5ccc(F)cc5)[n+]4[O-])cc3Cl)ccnc2N)C1. The van der Waals surface area contributed by atoms with Gasteiger partial charge in [-0.15, -0.1) is 0 Å². The van der Waals surface area contributed by atoms with E-state index in [1.807, 2.05) is 0 Å². The van der Waals surface area contributed by atoms with Gasteiger partial charge in [0.15, 0.2) is 0 Å². The summed E-state index contributed by atoms with van der Waals surface area (Å²) in [5.41, 5.74) is 7.19. The second-order valence-electron chi connectivity index (χ2n) is 9.62. The maximum atomic E-state index is 13.3. The van der Waals surface area contributed by atoms with Crippen molar-refractivity contribution in [3.8, 4) is 22.8 Å². The van der Waals surface area contributed by atoms with E-state index in [9.17, 15) is 19.5 Å². The topological polar surface area (TPSA) is 152 Å². The number of nitrogen functional groups attached to an aromatic ring is 1. The number of aromatic nitrogens is 2. The van der Waals surface area contributed by atoms with Crippen molar-refractivity contribution in [3.05, 3.63) is 100 Å². The minimum Gasteiger partial charge on any atom is -0.618 e. The van der Waals surface area contributed by atoms with E-state index in [0.717, 1.165) is 0 Å². The zero-order chi connectivity index (χ0) is 29.3. The van der Waals surface area contributed by atoms with E-state index in [1.165, 1.54) is 54.7 Å². The summed E-state index contributed by atoms with van der Waals surface area (Å²) in [6.45, 7) is 2.74. The number of amides is 1. The number of nitrogens with one attached hydrogen (secondary N) is 2. The normalized spacial score (nSPS) is 13.8. The molecule has 1 amide bonds. The van der Waals surface area contributed by atoms with Crippen LogP contribution in [-0.4, -0.2) is 45.9 Å². The first-order valence-electron chi connectivity index (χ1n) is 12.7. The van der Waals surface area contributed by atoms with Crippen LogP contribution in [0.25, 0.3) is 11.3 Å². The van der Waals surface area contributed by atoms with Gasteiger partial charge in [-0.25, -0.2) is 9.37 Å². The Morgan fingerprint density at radius 1 is 1.22 bits per heavy atom. The summed E-state index contributed by atoms with van der Waals surface area (Å²) < 4.78 is 19.8. The van der Waals surface area contributed by atoms with Gasteiger partial charge in [0.2, 0.25) is 5.69 Å². The molecule has 1 saturated heterocycles. The number of carbonyl (C=O) groups excluding carboxylic acids is 1. The van der Waals surface area contributed by atoms with Gasteiger partial charge in [-0.3, -0.25) is 10.2 Å². The minimum absolute atomic E-state index is 0.0660. The lowest BCUT2D eigenvalue weighted by atomic mass is 9.93. The second-order valence-corrected chi connectivity index (χ2v) is 10.0. The molecule has 2 aromatic carbocycles. The number of hydrogen-bond donors (Lipinski definition) is 4. The van der Waals surface area contributed by atoms with Crippen molar-refractivity contribution >= 4 is 34.8 Å². The van der Waals surface area contributed by atoms with Gasteiger partial charge in [-0.05, 0) is 55.5 Å². The van der Waals surface area contributed by atoms with Crippen molar-refractivity contribution in [2.75, 3.05) is 24.1 Å². The van der Waals surface area contributed by atoms with Crippen molar-refractivity contribution in [1.82, 2.24) is 9.88 Å². The number of ether oxygens (including phenoxy) is 1. The highest BCUT2D eigenvalue weighted by Crippen LogP contribution is 2.36. The highest BCUT2D eigenvalue weighted by atomic mass is 35.5. The van der Waals surface area contributed by atoms with Crippen LogP contribution in [0.2, 0.25) is 5.02 Å². The van der Waals surface area contributed by atoms with Crippen LogP contribution >= 0.6 is 11.6 Å². The minimum atomic E-state index is -0.670. The zero-order valence-corrected chi connectivity index (χ0v) is 22.6. The number of aliphatic hydroxyl groups excluding tert-OH is 1. The summed E-state index contributed by atoms with van der Waals surface area (Å²) in [5.74, 6) is -0.294. The Morgan fingerprint density at radius 2 is 1.95 bits per heavy atom. The molecule has 1 fully saturated rings. The number of hydrogen-bond acceptors (Lipinski definition) is 7. The Bertz CT molecular complexity index is 1630. The van der Waals surface area contributed by atoms with Crippen molar-refractivity contribution < 1.29 is 23.8 Å². The molecule has 0 saturated carbocycles. The third-order valence-electron chi connectivity index (χ3n) is 6.82. The lowest BCUT2D eigenvalue weighted by Crippen LogP contribution is -2.53. The molecule has 2 aromatic heterocycles. The lowest BCUT2D eigenvalue weighted by Gasteiger charge is -2.42. The average Bonchev–Trinajstić information content (AvgIpc) is 2.90. The van der Waals surface area contributed by atoms with Crippen LogP contribution < -0.4 is 20.5 Å². The van der Waals surface area contributed by atoms with Crippen LogP contribution in [0.4, 0.5) is 15.9 Å². The molecule has 5 rings (SSSR count). The molecular formula is C29H26ClFN6O4. The number of benzene rings is 2. The number of nitrogens with zero attached hydrogens (tertiary/aromatic N) is 3. The fourth-order valence-electron chi connectivity index (χ4n) is 4.41. The molecule has 1 aliphatic heterocycles. The number of pyridine rings is 2. The Kier molecular flexibility index (Phi) is 7.73. The van der Waals surface area contributed by atoms with Crippen LogP contribution in [0, 0.1) is 22.4 Å². The van der Waals surface area contributed by atoms with E-state index in [-0.39, 0.29) is 45.5 Å². The van der Waals surface area contributed by atoms with Gasteiger partial charge in [-0.2, -0.15) is 4.73 Å². The van der Waals surface area contributed by atoms with Gasteiger partial charge < -0.3 is 31.0 Å². The average molecular weight is 577 g/mol. The summed E-state index contributed by atoms with van der Waals surface area (Å²) in [6, 6.07) is 16.0. The second kappa shape index (κ2) is 11.4. The van der Waals surface area contributed by atoms with E-state index in [0.29, 0.717) is 34.6 Å². The van der Waals surface area contributed by atoms with Gasteiger partial charge in [0.1, 0.15) is 34.5 Å². The standard InChI is InChI=1S/C29H26ClFN6O4/c1-16(38)18-14-36(15-18)28(33)26-25(11-12-34-27(26)32)41-24-10-9-20(13-21(24)30)35-29(39)23-4-2-3-22(37(23)40)17-5-7-19(31)8-6-17/h2-13,16,18,33,38H,14-15H2,1H3,(H2,32,34)(H,35,39). The zero-order valence-electron chi connectivity index (χ0n) is 21.8. The lowest BCUT2D eigenvalue weighted by molar-refractivity contribution is -0.595. The van der Waals surface area contributed by atoms with Gasteiger partial charge in [0.25, 0.3) is 5.69 Å². The number of anilines is 2. The number of likely N-dealkylation sites (tertiary alicyclic amines) is 1. The molecule has 0 spiro atoms. The molecule has 41 heavy (non-hydrogen) atoms. The Hall–Kier alpha value is -4.74. The Morgan fingerprint density at radius 3 is 2.63 bits per heavy atom. The third kappa shape index (κ3) is 5.76. The molecule has 12 heteroatoms. The summed E-state index contributed by atoms with van der Waals surface area (Å²) in [4.78, 5) is 18.8. The molecule has 0 bridgehead atoms. The van der Waals surface area contributed by atoms with Crippen LogP contribution in [0.3, 0.4) is 0 Å². The maximum absolute atomic E-state index is 13.3. The highest BCUT2D eigenvalue weighted by molar-refractivity contribution is 6.32. The summed E-state index contributed by atoms with van der Waals surface area (Å²) in [6.07, 6.45) is 0.980. The summed E-state index contributed by atoms with van der Waals surface area (Å²) >= 11 is 6.47. The van der Waals surface area contributed by atoms with Crippen molar-refractivity contribution in [3.63, 3.8) is 0 Å². The van der Waals surface area contributed by atoms with Crippen LogP contribution in [0.15, 0.2) is 72.9 Å². The molecule has 0 aliphatic carbocycles. The van der Waals surface area contributed by atoms with Crippen LogP contribution in [-0.2, 0) is 0 Å². The van der Waals surface area contributed by atoms with Gasteiger partial charge in [0.05, 0.1) is 11.1 Å². The molecule has 3 heterocycles. The molecule has 1 atom stereocenters. The number of rotatable bonds is 7. The number of nitrogens with two attached hydrogens (primary N) is 1. The molecule has 5 N–H and O–H groups in total. The van der Waals surface area contributed by atoms with Crippen molar-refractivity contribution in [2.24, 2.45) is 5.92 Å². The maximum Gasteiger partial charge on any atom is 0.321 e. The first-order valence-corrected chi connectivity index (χ1v) is 13.0. The largest absolute Gasteiger partial charge is 0.618 e. The van der Waals surface area contributed by atoms with Crippen molar-refractivity contribution in [2.45, 2.75) is 13.0 Å². The first-order chi connectivity index (χ1) is 19.6. The smallest absolute Gasteiger partial charge is 0.321 e. The highest BCUT2D eigenvalue weighted by Gasteiger charge is 2.34. The van der Waals surface area contributed by atoms with Gasteiger partial charge in [-0.1, -0.05) is 11.6 Å². The predicted molar refractivity (Wildman–Crippen MR) is 152 cm³/mol. The summed E-state index contributed by atoms with van der Waals surface area (Å²) in [5, 5.41) is 34.1. The first kappa shape index (κ1) is 27.8. The molecular weight excluding hydrogens is 551 g/mol. The molecule has 210 valence electrons. The van der Waals surface area contributed by atoms with Crippen LogP contribution in [0.5, 0.6) is 11.5 Å². The van der Waals surface area contributed by atoms with E-state index in [4.69, 9.17) is 27.5 Å². The molecule has 1 aliphatic rings. The third-order valence-corrected chi connectivity index (χ3v) is 7.11. The fraction of sp³-hybridized carbons (Fsp3) is 0.172. The van der Waals surface area contributed by atoms with E-state index >= 15 is 0 Å². The van der Waals surface area contributed by atoms with E-state index in [2.05, 4.69) is 10.3 Å². The van der Waals surface area contributed by atoms with Crippen LogP contribution in [0.1, 0.15) is 23.0 Å². The Labute approximate surface area is 239 Å². The van der Waals surface area contributed by atoms with Gasteiger partial charge >= 0.3 is 5.91 Å². The molecule has 1 unspecified atom stereocenters. The number of amidine groups is 1. The fourth-order valence-corrected chi connectivity index (χ4v) is 4.63. The predicted octanol–water partition coefficient (Wildman–Crippen LogP) is 4.44. The number of carbonyl (C=O) groups is 1. The van der Waals surface area contributed by atoms with Gasteiger partial charge in [0, 0.05) is 54.7 Å². The number of aliphatic hydroxyl groups is 1. The summed E-state index contributed by atoms with van der Waals surface area (Å²) in [7, 11) is 0. The molecule has 0 radical (unpaired) electrons. The molecule has 4 aromatic rings. The molecule has 10 nitrogen and oxygen atoms in total.